The van der Waals surface area contributed by atoms with E-state index in [1.54, 1.807) is 24.3 Å². The number of nitrogens with one attached hydrogen (secondary N) is 1. The van der Waals surface area contributed by atoms with E-state index in [-0.39, 0.29) is 36.2 Å². The molecule has 7 nitrogen and oxygen atoms in total. The van der Waals surface area contributed by atoms with E-state index < -0.39 is 11.2 Å². The largest absolute Gasteiger partial charge is 0.478 e. The summed E-state index contributed by atoms with van der Waals surface area (Å²) in [5.41, 5.74) is 1.90. The second-order valence-corrected chi connectivity index (χ2v) is 8.69. The van der Waals surface area contributed by atoms with Crippen molar-refractivity contribution in [1.82, 2.24) is 4.90 Å². The average molecular weight is 478 g/mol. The molecule has 2 amide bonds. The Kier molecular flexibility index (Phi) is 7.03. The van der Waals surface area contributed by atoms with Crippen molar-refractivity contribution in [2.24, 2.45) is 4.99 Å². The van der Waals surface area contributed by atoms with Gasteiger partial charge in [-0.05, 0) is 54.1 Å². The summed E-state index contributed by atoms with van der Waals surface area (Å²) in [5.74, 6) is -2.09. The molecule has 0 bridgehead atoms. The third-order valence-corrected chi connectivity index (χ3v) is 6.25. The lowest BCUT2D eigenvalue weighted by atomic mass is 10.2. The molecule has 1 heterocycles. The number of amides is 2. The van der Waals surface area contributed by atoms with Crippen LogP contribution in [0.2, 0.25) is 0 Å². The van der Waals surface area contributed by atoms with Gasteiger partial charge in [-0.25, -0.2) is 14.2 Å². The van der Waals surface area contributed by atoms with Gasteiger partial charge in [0.05, 0.1) is 17.8 Å². The van der Waals surface area contributed by atoms with Gasteiger partial charge in [0.2, 0.25) is 11.8 Å². The number of amidine groups is 1. The summed E-state index contributed by atoms with van der Waals surface area (Å²) in [7, 11) is 0. The Balaban J connectivity index is 1.55. The van der Waals surface area contributed by atoms with E-state index in [1.165, 1.54) is 53.1 Å². The van der Waals surface area contributed by atoms with Gasteiger partial charge in [0.25, 0.3) is 0 Å². The van der Waals surface area contributed by atoms with Crippen LogP contribution >= 0.6 is 11.8 Å². The van der Waals surface area contributed by atoms with E-state index >= 15 is 0 Å². The first kappa shape index (κ1) is 23.2. The Hall–Kier alpha value is -3.98. The molecule has 2 N–H and O–H groups in total. The molecule has 1 saturated heterocycles. The van der Waals surface area contributed by atoms with Gasteiger partial charge in [-0.3, -0.25) is 14.5 Å². The number of hydrogen-bond donors (Lipinski definition) is 2. The predicted octanol–water partition coefficient (Wildman–Crippen LogP) is 4.68. The summed E-state index contributed by atoms with van der Waals surface area (Å²) >= 11 is 1.17. The number of carbonyl (C=O) groups is 3. The molecule has 4 rings (SSSR count). The zero-order chi connectivity index (χ0) is 24.1. The molecule has 1 fully saturated rings. The predicted molar refractivity (Wildman–Crippen MR) is 129 cm³/mol. The van der Waals surface area contributed by atoms with E-state index in [0.717, 1.165) is 5.56 Å². The van der Waals surface area contributed by atoms with Crippen LogP contribution in [0.3, 0.4) is 0 Å². The Morgan fingerprint density at radius 3 is 2.35 bits per heavy atom. The maximum Gasteiger partial charge on any atom is 0.335 e. The second kappa shape index (κ2) is 10.3. The molecule has 0 aromatic heterocycles. The first-order valence-electron chi connectivity index (χ1n) is 10.4. The fourth-order valence-corrected chi connectivity index (χ4v) is 4.40. The van der Waals surface area contributed by atoms with Crippen LogP contribution in [0.1, 0.15) is 22.3 Å². The SMILES string of the molecule is O=C(O)c1ccc(NC(=O)C2CC(=O)N(Cc3ccc(F)cc3)C(=Nc3ccccc3)S2)cc1. The van der Waals surface area contributed by atoms with Gasteiger partial charge in [-0.15, -0.1) is 0 Å². The second-order valence-electron chi connectivity index (χ2n) is 7.52. The third-order valence-electron chi connectivity index (χ3n) is 5.07. The smallest absolute Gasteiger partial charge is 0.335 e. The lowest BCUT2D eigenvalue weighted by Gasteiger charge is -2.32. The number of halogens is 1. The molecule has 0 radical (unpaired) electrons. The molecule has 0 spiro atoms. The number of thioether (sulfide) groups is 1. The summed E-state index contributed by atoms with van der Waals surface area (Å²) in [5, 5.41) is 11.4. The zero-order valence-electron chi connectivity index (χ0n) is 17.8. The number of anilines is 1. The Morgan fingerprint density at radius 1 is 1.03 bits per heavy atom. The van der Waals surface area contributed by atoms with E-state index in [2.05, 4.69) is 10.3 Å². The molecule has 1 aliphatic heterocycles. The molecule has 9 heteroatoms. The van der Waals surface area contributed by atoms with Crippen LogP contribution in [0.5, 0.6) is 0 Å². The Bertz CT molecular complexity index is 1230. The number of aromatic carboxylic acids is 1. The van der Waals surface area contributed by atoms with Gasteiger partial charge < -0.3 is 10.4 Å². The fraction of sp³-hybridized carbons (Fsp3) is 0.120. The van der Waals surface area contributed by atoms with Crippen molar-refractivity contribution in [1.29, 1.82) is 0 Å². The van der Waals surface area contributed by atoms with Crippen LogP contribution in [0.25, 0.3) is 0 Å². The van der Waals surface area contributed by atoms with Gasteiger partial charge in [0, 0.05) is 12.1 Å². The standard InChI is InChI=1S/C25H20FN3O4S/c26-18-10-6-16(7-11-18)15-29-22(30)14-21(34-25(29)28-19-4-2-1-3-5-19)23(31)27-20-12-8-17(9-13-20)24(32)33/h1-13,21H,14-15H2,(H,27,31)(H,32,33). The van der Waals surface area contributed by atoms with Crippen LogP contribution in [-0.2, 0) is 16.1 Å². The number of aliphatic imine (C=N–C) groups is 1. The van der Waals surface area contributed by atoms with Gasteiger partial charge in [-0.2, -0.15) is 0 Å². The molecular formula is C25H20FN3O4S. The molecule has 3 aromatic carbocycles. The molecule has 0 saturated carbocycles. The molecule has 3 aromatic rings. The van der Waals surface area contributed by atoms with Crippen molar-refractivity contribution in [2.75, 3.05) is 5.32 Å². The van der Waals surface area contributed by atoms with Crippen molar-refractivity contribution >= 4 is 46.1 Å². The van der Waals surface area contributed by atoms with Crippen LogP contribution in [0.15, 0.2) is 83.9 Å². The maximum absolute atomic E-state index is 13.3. The highest BCUT2D eigenvalue weighted by molar-refractivity contribution is 8.15. The number of carboxylic acid groups (broad SMARTS) is 1. The van der Waals surface area contributed by atoms with Crippen LogP contribution in [0.4, 0.5) is 15.8 Å². The van der Waals surface area contributed by atoms with Crippen LogP contribution in [0, 0.1) is 5.82 Å². The number of carboxylic acids is 1. The lowest BCUT2D eigenvalue weighted by molar-refractivity contribution is -0.129. The number of benzene rings is 3. The van der Waals surface area contributed by atoms with Crippen molar-refractivity contribution in [3.05, 3.63) is 95.8 Å². The van der Waals surface area contributed by atoms with Crippen molar-refractivity contribution in [2.45, 2.75) is 18.2 Å². The zero-order valence-corrected chi connectivity index (χ0v) is 18.7. The number of carbonyl (C=O) groups excluding carboxylic acids is 2. The highest BCUT2D eigenvalue weighted by atomic mass is 32.2. The van der Waals surface area contributed by atoms with E-state index in [1.807, 2.05) is 18.2 Å². The molecular weight excluding hydrogens is 457 g/mol. The quantitative estimate of drug-likeness (QED) is 0.537. The molecule has 0 aliphatic carbocycles. The molecule has 1 aliphatic rings. The molecule has 34 heavy (non-hydrogen) atoms. The lowest BCUT2D eigenvalue weighted by Crippen LogP contribution is -2.44. The molecule has 172 valence electrons. The fourth-order valence-electron chi connectivity index (χ4n) is 3.30. The summed E-state index contributed by atoms with van der Waals surface area (Å²) in [6.45, 7) is 0.197. The van der Waals surface area contributed by atoms with Gasteiger partial charge in [-0.1, -0.05) is 42.1 Å². The van der Waals surface area contributed by atoms with Crippen molar-refractivity contribution in [3.63, 3.8) is 0 Å². The average Bonchev–Trinajstić information content (AvgIpc) is 2.83. The van der Waals surface area contributed by atoms with E-state index in [4.69, 9.17) is 5.11 Å². The maximum atomic E-state index is 13.3. The number of hydrogen-bond acceptors (Lipinski definition) is 5. The van der Waals surface area contributed by atoms with Gasteiger partial charge >= 0.3 is 5.97 Å². The van der Waals surface area contributed by atoms with E-state index in [0.29, 0.717) is 16.5 Å². The highest BCUT2D eigenvalue weighted by Gasteiger charge is 2.36. The minimum absolute atomic E-state index is 0.0429. The van der Waals surface area contributed by atoms with Crippen molar-refractivity contribution < 1.29 is 23.9 Å². The first-order chi connectivity index (χ1) is 16.4. The summed E-state index contributed by atoms with van der Waals surface area (Å²) in [6, 6.07) is 20.7. The topological polar surface area (TPSA) is 99.1 Å². The third kappa shape index (κ3) is 5.68. The van der Waals surface area contributed by atoms with Gasteiger partial charge in [0.1, 0.15) is 11.1 Å². The number of para-hydroxylation sites is 1. The minimum Gasteiger partial charge on any atom is -0.478 e. The van der Waals surface area contributed by atoms with Crippen LogP contribution < -0.4 is 5.32 Å². The Morgan fingerprint density at radius 2 is 1.71 bits per heavy atom. The van der Waals surface area contributed by atoms with Crippen molar-refractivity contribution in [3.8, 4) is 0 Å². The number of rotatable bonds is 6. The van der Waals surface area contributed by atoms with Crippen LogP contribution in [-0.4, -0.2) is 38.2 Å². The van der Waals surface area contributed by atoms with Gasteiger partial charge in [0.15, 0.2) is 5.17 Å². The summed E-state index contributed by atoms with van der Waals surface area (Å²) < 4.78 is 13.3. The minimum atomic E-state index is -1.06. The first-order valence-corrected chi connectivity index (χ1v) is 11.3. The normalized spacial score (nSPS) is 17.0. The summed E-state index contributed by atoms with van der Waals surface area (Å²) in [6.07, 6.45) is -0.0429. The highest BCUT2D eigenvalue weighted by Crippen LogP contribution is 2.31. The number of nitrogens with zero attached hydrogens (tertiary/aromatic N) is 2. The molecule has 1 unspecified atom stereocenters. The monoisotopic (exact) mass is 477 g/mol. The Labute approximate surface area is 199 Å². The summed E-state index contributed by atoms with van der Waals surface area (Å²) in [4.78, 5) is 43.1. The molecule has 1 atom stereocenters. The van der Waals surface area contributed by atoms with E-state index in [9.17, 15) is 18.8 Å².